The van der Waals surface area contributed by atoms with E-state index in [0.29, 0.717) is 19.4 Å². The van der Waals surface area contributed by atoms with Gasteiger partial charge in [-0.2, -0.15) is 0 Å². The second kappa shape index (κ2) is 54.8. The van der Waals surface area contributed by atoms with Gasteiger partial charge in [0, 0.05) is 12.8 Å². The first-order chi connectivity index (χ1) is 37.2. The number of esters is 1. The molecule has 0 aromatic carbocycles. The van der Waals surface area contributed by atoms with Crippen LogP contribution >= 0.6 is 0 Å². The SMILES string of the molecule is CCCCCCCCC/C=C/C(O)C(COC1OC(CO)C(O)C(O)C1O)NC(=O)CCCCCCCCCCC/C=C\C/C=C\CCCCCCCCCCCOC(=O)CCCCCCCCCCCCCCCC. The summed E-state index contributed by atoms with van der Waals surface area (Å²) in [6.07, 6.45) is 58.4. The number of aliphatic hydroxyl groups excluding tert-OH is 5. The first-order valence-electron chi connectivity index (χ1n) is 32.3. The van der Waals surface area contributed by atoms with E-state index in [-0.39, 0.29) is 18.5 Å². The maximum Gasteiger partial charge on any atom is 0.305 e. The zero-order valence-corrected chi connectivity index (χ0v) is 49.2. The Bertz CT molecular complexity index is 1360. The van der Waals surface area contributed by atoms with Gasteiger partial charge in [0.1, 0.15) is 24.4 Å². The van der Waals surface area contributed by atoms with Crippen LogP contribution in [0.3, 0.4) is 0 Å². The van der Waals surface area contributed by atoms with Gasteiger partial charge in [0.2, 0.25) is 5.91 Å². The zero-order valence-electron chi connectivity index (χ0n) is 49.2. The molecule has 6 N–H and O–H groups in total. The van der Waals surface area contributed by atoms with Crippen molar-refractivity contribution in [2.45, 2.75) is 346 Å². The van der Waals surface area contributed by atoms with Crippen LogP contribution in [-0.4, -0.2) is 100 Å². The Kier molecular flexibility index (Phi) is 51.9. The van der Waals surface area contributed by atoms with Gasteiger partial charge in [-0.15, -0.1) is 0 Å². The second-order valence-electron chi connectivity index (χ2n) is 22.5. The maximum atomic E-state index is 13.0. The number of amides is 1. The first kappa shape index (κ1) is 71.9. The molecular weight excluding hydrogens is 955 g/mol. The Balaban J connectivity index is 1.99. The second-order valence-corrected chi connectivity index (χ2v) is 22.5. The molecule has 446 valence electrons. The van der Waals surface area contributed by atoms with Gasteiger partial charge in [0.05, 0.1) is 32.0 Å². The average Bonchev–Trinajstić information content (AvgIpc) is 3.42. The zero-order chi connectivity index (χ0) is 55.2. The normalized spacial score (nSPS) is 18.9. The van der Waals surface area contributed by atoms with E-state index in [1.165, 1.54) is 199 Å². The Hall–Kier alpha value is -2.12. The van der Waals surface area contributed by atoms with E-state index >= 15 is 0 Å². The standard InChI is InChI=1S/C65H121NO10/c1-3-5-7-9-11-13-14-15-30-33-37-41-45-49-53-61(70)74-54-50-46-42-38-34-31-28-26-24-22-20-18-16-17-19-21-23-25-27-29-32-36-40-44-48-52-60(69)66-57(58(68)51-47-43-39-35-12-10-8-6-4-2)56-75-65-64(73)63(72)62(71)59(55-67)76-65/h17-20,47,51,57-59,62-65,67-68,71-73H,3-16,21-46,48-50,52-56H2,1-2H3,(H,66,69)/b19-17-,20-18-,51-47+. The van der Waals surface area contributed by atoms with Crippen LogP contribution in [0.2, 0.25) is 0 Å². The molecule has 76 heavy (non-hydrogen) atoms. The number of nitrogens with one attached hydrogen (secondary N) is 1. The molecule has 7 unspecified atom stereocenters. The number of allylic oxidation sites excluding steroid dienone is 5. The Morgan fingerprint density at radius 1 is 0.487 bits per heavy atom. The summed E-state index contributed by atoms with van der Waals surface area (Å²) in [6, 6.07) is -0.813. The fraction of sp³-hybridized carbons (Fsp3) is 0.877. The van der Waals surface area contributed by atoms with Crippen molar-refractivity contribution in [3.8, 4) is 0 Å². The molecular formula is C65H121NO10. The van der Waals surface area contributed by atoms with Crippen LogP contribution in [0.15, 0.2) is 36.5 Å². The molecule has 1 aliphatic heterocycles. The predicted molar refractivity (Wildman–Crippen MR) is 315 cm³/mol. The van der Waals surface area contributed by atoms with Gasteiger partial charge in [-0.25, -0.2) is 0 Å². The molecule has 0 aromatic heterocycles. The molecule has 0 aliphatic carbocycles. The minimum absolute atomic E-state index is 0.000612. The fourth-order valence-corrected chi connectivity index (χ4v) is 10.1. The van der Waals surface area contributed by atoms with Crippen molar-refractivity contribution in [3.05, 3.63) is 36.5 Å². The van der Waals surface area contributed by atoms with Gasteiger partial charge in [-0.3, -0.25) is 9.59 Å². The largest absolute Gasteiger partial charge is 0.466 e. The molecule has 7 atom stereocenters. The quantitative estimate of drug-likeness (QED) is 0.0195. The number of carbonyl (C=O) groups excluding carboxylic acids is 2. The summed E-state index contributed by atoms with van der Waals surface area (Å²) in [6.45, 7) is 4.32. The molecule has 11 heteroatoms. The van der Waals surface area contributed by atoms with Gasteiger partial charge in [-0.05, 0) is 64.2 Å². The first-order valence-corrected chi connectivity index (χ1v) is 32.3. The van der Waals surface area contributed by atoms with Gasteiger partial charge < -0.3 is 45.1 Å². The number of hydrogen-bond acceptors (Lipinski definition) is 10. The van der Waals surface area contributed by atoms with Gasteiger partial charge >= 0.3 is 5.97 Å². The lowest BCUT2D eigenvalue weighted by Gasteiger charge is -2.40. The van der Waals surface area contributed by atoms with Crippen LogP contribution in [0.5, 0.6) is 0 Å². The highest BCUT2D eigenvalue weighted by molar-refractivity contribution is 5.76. The lowest BCUT2D eigenvalue weighted by atomic mass is 9.99. The van der Waals surface area contributed by atoms with Crippen molar-refractivity contribution in [1.29, 1.82) is 0 Å². The predicted octanol–water partition coefficient (Wildman–Crippen LogP) is 15.5. The van der Waals surface area contributed by atoms with E-state index in [0.717, 1.165) is 77.0 Å². The lowest BCUT2D eigenvalue weighted by Crippen LogP contribution is -2.60. The molecule has 1 saturated heterocycles. The third kappa shape index (κ3) is 43.7. The number of unbranched alkanes of at least 4 members (excludes halogenated alkanes) is 38. The molecule has 0 aromatic rings. The van der Waals surface area contributed by atoms with Crippen LogP contribution in [-0.2, 0) is 23.8 Å². The number of hydrogen-bond donors (Lipinski definition) is 6. The van der Waals surface area contributed by atoms with Crippen molar-refractivity contribution in [3.63, 3.8) is 0 Å². The molecule has 11 nitrogen and oxygen atoms in total. The smallest absolute Gasteiger partial charge is 0.305 e. The molecule has 1 amide bonds. The number of ether oxygens (including phenoxy) is 3. The monoisotopic (exact) mass is 1080 g/mol. The summed E-state index contributed by atoms with van der Waals surface area (Å²) >= 11 is 0. The van der Waals surface area contributed by atoms with E-state index in [2.05, 4.69) is 43.5 Å². The minimum Gasteiger partial charge on any atom is -0.466 e. The van der Waals surface area contributed by atoms with Crippen LogP contribution < -0.4 is 5.32 Å². The maximum absolute atomic E-state index is 13.0. The molecule has 0 saturated carbocycles. The highest BCUT2D eigenvalue weighted by atomic mass is 16.7. The molecule has 1 heterocycles. The third-order valence-electron chi connectivity index (χ3n) is 15.2. The van der Waals surface area contributed by atoms with E-state index in [1.807, 2.05) is 6.08 Å². The highest BCUT2D eigenvalue weighted by Crippen LogP contribution is 2.23. The summed E-state index contributed by atoms with van der Waals surface area (Å²) in [7, 11) is 0. The molecule has 0 spiro atoms. The minimum atomic E-state index is -1.57. The van der Waals surface area contributed by atoms with Crippen molar-refractivity contribution in [2.24, 2.45) is 0 Å². The van der Waals surface area contributed by atoms with Crippen molar-refractivity contribution in [2.75, 3.05) is 19.8 Å². The van der Waals surface area contributed by atoms with Crippen LogP contribution in [0, 0.1) is 0 Å². The summed E-state index contributed by atoms with van der Waals surface area (Å²) in [4.78, 5) is 25.1. The summed E-state index contributed by atoms with van der Waals surface area (Å²) in [5, 5.41) is 54.2. The summed E-state index contributed by atoms with van der Waals surface area (Å²) < 4.78 is 16.7. The Labute approximate surface area is 466 Å². The molecule has 1 rings (SSSR count). The van der Waals surface area contributed by atoms with E-state index in [1.54, 1.807) is 6.08 Å². The number of rotatable bonds is 56. The highest BCUT2D eigenvalue weighted by Gasteiger charge is 2.44. The summed E-state index contributed by atoms with van der Waals surface area (Å²) in [5.74, 6) is -0.189. The van der Waals surface area contributed by atoms with E-state index in [9.17, 15) is 35.1 Å². The lowest BCUT2D eigenvalue weighted by molar-refractivity contribution is -0.302. The third-order valence-corrected chi connectivity index (χ3v) is 15.2. The fourth-order valence-electron chi connectivity index (χ4n) is 10.1. The molecule has 0 radical (unpaired) electrons. The van der Waals surface area contributed by atoms with E-state index in [4.69, 9.17) is 14.2 Å². The summed E-state index contributed by atoms with van der Waals surface area (Å²) in [5.41, 5.74) is 0. The number of carbonyl (C=O) groups is 2. The van der Waals surface area contributed by atoms with Crippen LogP contribution in [0.4, 0.5) is 0 Å². The molecule has 1 aliphatic rings. The molecule has 1 fully saturated rings. The van der Waals surface area contributed by atoms with E-state index < -0.39 is 49.5 Å². The van der Waals surface area contributed by atoms with Crippen molar-refractivity contribution >= 4 is 11.9 Å². The van der Waals surface area contributed by atoms with Crippen molar-refractivity contribution in [1.82, 2.24) is 5.32 Å². The van der Waals surface area contributed by atoms with Gasteiger partial charge in [-0.1, -0.05) is 262 Å². The number of aliphatic hydroxyl groups is 5. The van der Waals surface area contributed by atoms with Gasteiger partial charge in [0.15, 0.2) is 6.29 Å². The van der Waals surface area contributed by atoms with Gasteiger partial charge in [0.25, 0.3) is 0 Å². The van der Waals surface area contributed by atoms with Crippen molar-refractivity contribution < 1.29 is 49.3 Å². The van der Waals surface area contributed by atoms with Crippen LogP contribution in [0.25, 0.3) is 0 Å². The average molecular weight is 1080 g/mol. The topological polar surface area (TPSA) is 175 Å². The Morgan fingerprint density at radius 2 is 0.882 bits per heavy atom. The molecule has 0 bridgehead atoms. The Morgan fingerprint density at radius 3 is 1.33 bits per heavy atom. The van der Waals surface area contributed by atoms with Crippen LogP contribution in [0.1, 0.15) is 303 Å².